The zero-order chi connectivity index (χ0) is 16.7. The van der Waals surface area contributed by atoms with Gasteiger partial charge in [-0.2, -0.15) is 0 Å². The summed E-state index contributed by atoms with van der Waals surface area (Å²) in [5.41, 5.74) is 0.952. The van der Waals surface area contributed by atoms with Crippen LogP contribution in [0.5, 0.6) is 5.75 Å². The molecule has 23 heavy (non-hydrogen) atoms. The molecule has 2 rings (SSSR count). The number of hydrogen-bond donors (Lipinski definition) is 1. The van der Waals surface area contributed by atoms with E-state index in [-0.39, 0.29) is 12.0 Å². The zero-order valence-corrected chi connectivity index (χ0v) is 14.4. The lowest BCUT2D eigenvalue weighted by atomic mass is 10.1. The molecule has 1 fully saturated rings. The molecule has 0 aromatic heterocycles. The summed E-state index contributed by atoms with van der Waals surface area (Å²) in [6, 6.07) is 7.60. The summed E-state index contributed by atoms with van der Waals surface area (Å²) in [6.45, 7) is 8.70. The summed E-state index contributed by atoms with van der Waals surface area (Å²) < 4.78 is 10.9. The van der Waals surface area contributed by atoms with Gasteiger partial charge in [-0.05, 0) is 23.6 Å². The first-order valence-electron chi connectivity index (χ1n) is 8.30. The van der Waals surface area contributed by atoms with Crippen LogP contribution in [-0.4, -0.2) is 56.8 Å². The third-order valence-corrected chi connectivity index (χ3v) is 3.87. The van der Waals surface area contributed by atoms with E-state index < -0.39 is 0 Å². The minimum Gasteiger partial charge on any atom is -0.497 e. The van der Waals surface area contributed by atoms with Crippen molar-refractivity contribution in [1.82, 2.24) is 10.2 Å². The van der Waals surface area contributed by atoms with Gasteiger partial charge in [-0.1, -0.05) is 26.0 Å². The van der Waals surface area contributed by atoms with Crippen molar-refractivity contribution in [2.75, 3.05) is 39.9 Å². The van der Waals surface area contributed by atoms with E-state index in [4.69, 9.17) is 9.47 Å². The highest BCUT2D eigenvalue weighted by Gasteiger charge is 2.21. The first kappa shape index (κ1) is 17.8. The van der Waals surface area contributed by atoms with Gasteiger partial charge in [0, 0.05) is 26.2 Å². The Labute approximate surface area is 139 Å². The lowest BCUT2D eigenvalue weighted by Crippen LogP contribution is -2.48. The van der Waals surface area contributed by atoms with E-state index in [9.17, 15) is 4.79 Å². The van der Waals surface area contributed by atoms with Crippen molar-refractivity contribution in [3.05, 3.63) is 29.8 Å². The summed E-state index contributed by atoms with van der Waals surface area (Å²) in [4.78, 5) is 14.5. The van der Waals surface area contributed by atoms with Gasteiger partial charge in [0.05, 0.1) is 26.2 Å². The number of methoxy groups -OCH3 is 1. The second-order valence-electron chi connectivity index (χ2n) is 6.48. The topological polar surface area (TPSA) is 50.8 Å². The molecule has 1 N–H and O–H groups in total. The molecule has 0 spiro atoms. The molecule has 0 bridgehead atoms. The van der Waals surface area contributed by atoms with Crippen molar-refractivity contribution in [1.29, 1.82) is 0 Å². The highest BCUT2D eigenvalue weighted by molar-refractivity contribution is 5.78. The van der Waals surface area contributed by atoms with Crippen LogP contribution in [0, 0.1) is 5.92 Å². The Balaban J connectivity index is 1.75. The van der Waals surface area contributed by atoms with E-state index in [1.54, 1.807) is 7.11 Å². The molecule has 1 aliphatic rings. The normalized spacial score (nSPS) is 18.9. The molecule has 1 unspecified atom stereocenters. The molecule has 0 saturated carbocycles. The van der Waals surface area contributed by atoms with Crippen LogP contribution in [0.15, 0.2) is 24.3 Å². The van der Waals surface area contributed by atoms with E-state index in [1.807, 2.05) is 24.3 Å². The number of ether oxygens (including phenoxy) is 2. The molecule has 5 nitrogen and oxygen atoms in total. The Morgan fingerprint density at radius 3 is 3.04 bits per heavy atom. The molecule has 5 heteroatoms. The van der Waals surface area contributed by atoms with Gasteiger partial charge in [-0.3, -0.25) is 9.69 Å². The number of morpholine rings is 1. The van der Waals surface area contributed by atoms with Gasteiger partial charge in [0.25, 0.3) is 0 Å². The van der Waals surface area contributed by atoms with Crippen LogP contribution in [-0.2, 0) is 16.0 Å². The molecule has 0 radical (unpaired) electrons. The van der Waals surface area contributed by atoms with Gasteiger partial charge in [0.2, 0.25) is 5.91 Å². The van der Waals surface area contributed by atoms with Gasteiger partial charge in [0.1, 0.15) is 5.75 Å². The first-order chi connectivity index (χ1) is 11.1. The van der Waals surface area contributed by atoms with Crippen molar-refractivity contribution < 1.29 is 14.3 Å². The second kappa shape index (κ2) is 8.89. The summed E-state index contributed by atoms with van der Waals surface area (Å²) >= 11 is 0. The highest BCUT2D eigenvalue weighted by atomic mass is 16.5. The molecule has 1 amide bonds. The number of amides is 1. The summed E-state index contributed by atoms with van der Waals surface area (Å²) in [5.74, 6) is 1.44. The maximum absolute atomic E-state index is 12.1. The molecule has 1 saturated heterocycles. The van der Waals surface area contributed by atoms with Gasteiger partial charge in [-0.25, -0.2) is 0 Å². The summed E-state index contributed by atoms with van der Waals surface area (Å²) in [5, 5.41) is 2.98. The lowest BCUT2D eigenvalue weighted by molar-refractivity contribution is -0.121. The van der Waals surface area contributed by atoms with Gasteiger partial charge < -0.3 is 14.8 Å². The Hall–Kier alpha value is -1.59. The smallest absolute Gasteiger partial charge is 0.224 e. The van der Waals surface area contributed by atoms with Crippen molar-refractivity contribution in [2.24, 2.45) is 5.92 Å². The van der Waals surface area contributed by atoms with Crippen molar-refractivity contribution in [2.45, 2.75) is 26.4 Å². The van der Waals surface area contributed by atoms with Crippen molar-refractivity contribution in [3.8, 4) is 5.75 Å². The Morgan fingerprint density at radius 2 is 2.30 bits per heavy atom. The van der Waals surface area contributed by atoms with Crippen molar-refractivity contribution in [3.63, 3.8) is 0 Å². The third kappa shape index (κ3) is 6.20. The number of nitrogens with one attached hydrogen (secondary N) is 1. The lowest BCUT2D eigenvalue weighted by Gasteiger charge is -2.33. The molecule has 1 aromatic carbocycles. The number of carbonyl (C=O) groups is 1. The average Bonchev–Trinajstić information content (AvgIpc) is 2.53. The predicted octanol–water partition coefficient (Wildman–Crippen LogP) is 1.71. The molecule has 1 aromatic rings. The van der Waals surface area contributed by atoms with E-state index in [2.05, 4.69) is 24.1 Å². The van der Waals surface area contributed by atoms with Gasteiger partial charge in [-0.15, -0.1) is 0 Å². The standard InChI is InChI=1S/C18H28N2O3/c1-14(2)12-20-7-8-23-17(13-20)11-19-18(21)10-15-5-4-6-16(9-15)22-3/h4-6,9,14,17H,7-8,10-13H2,1-3H3,(H,19,21). The largest absolute Gasteiger partial charge is 0.497 e. The molecular weight excluding hydrogens is 292 g/mol. The van der Waals surface area contributed by atoms with Crippen LogP contribution in [0.25, 0.3) is 0 Å². The van der Waals surface area contributed by atoms with Crippen LogP contribution < -0.4 is 10.1 Å². The van der Waals surface area contributed by atoms with Crippen LogP contribution in [0.1, 0.15) is 19.4 Å². The maximum atomic E-state index is 12.1. The zero-order valence-electron chi connectivity index (χ0n) is 14.4. The van der Waals surface area contributed by atoms with Gasteiger partial charge in [0.15, 0.2) is 0 Å². The minimum absolute atomic E-state index is 0.0165. The monoisotopic (exact) mass is 320 g/mol. The molecule has 1 aliphatic heterocycles. The predicted molar refractivity (Wildman–Crippen MR) is 90.7 cm³/mol. The maximum Gasteiger partial charge on any atom is 0.224 e. The fourth-order valence-electron chi connectivity index (χ4n) is 2.84. The number of hydrogen-bond acceptors (Lipinski definition) is 4. The molecule has 0 aliphatic carbocycles. The minimum atomic E-state index is 0.0165. The molecule has 128 valence electrons. The Bertz CT molecular complexity index is 505. The third-order valence-electron chi connectivity index (χ3n) is 3.87. The van der Waals surface area contributed by atoms with Crippen LogP contribution >= 0.6 is 0 Å². The Morgan fingerprint density at radius 1 is 1.48 bits per heavy atom. The molecule has 1 heterocycles. The van der Waals surface area contributed by atoms with E-state index in [0.717, 1.165) is 37.6 Å². The molecular formula is C18H28N2O3. The average molecular weight is 320 g/mol. The SMILES string of the molecule is COc1cccc(CC(=O)NCC2CN(CC(C)C)CCO2)c1. The first-order valence-corrected chi connectivity index (χ1v) is 8.30. The Kier molecular flexibility index (Phi) is 6.86. The number of rotatable bonds is 7. The fourth-order valence-corrected chi connectivity index (χ4v) is 2.84. The van der Waals surface area contributed by atoms with Crippen LogP contribution in [0.3, 0.4) is 0 Å². The van der Waals surface area contributed by atoms with E-state index in [0.29, 0.717) is 18.9 Å². The quantitative estimate of drug-likeness (QED) is 0.831. The summed E-state index contributed by atoms with van der Waals surface area (Å²) in [7, 11) is 1.63. The van der Waals surface area contributed by atoms with Crippen molar-refractivity contribution >= 4 is 5.91 Å². The summed E-state index contributed by atoms with van der Waals surface area (Å²) in [6.07, 6.45) is 0.441. The fraction of sp³-hybridized carbons (Fsp3) is 0.611. The van der Waals surface area contributed by atoms with Crippen LogP contribution in [0.2, 0.25) is 0 Å². The molecule has 1 atom stereocenters. The van der Waals surface area contributed by atoms with E-state index >= 15 is 0 Å². The number of benzene rings is 1. The second-order valence-corrected chi connectivity index (χ2v) is 6.48. The highest BCUT2D eigenvalue weighted by Crippen LogP contribution is 2.13. The number of carbonyl (C=O) groups excluding carboxylic acids is 1. The van der Waals surface area contributed by atoms with E-state index in [1.165, 1.54) is 0 Å². The van der Waals surface area contributed by atoms with Crippen LogP contribution in [0.4, 0.5) is 0 Å². The number of nitrogens with zero attached hydrogens (tertiary/aromatic N) is 1. The van der Waals surface area contributed by atoms with Gasteiger partial charge >= 0.3 is 0 Å².